The first-order valence-electron chi connectivity index (χ1n) is 7.26. The molecule has 0 fully saturated rings. The van der Waals surface area contributed by atoms with Gasteiger partial charge < -0.3 is 5.32 Å². The van der Waals surface area contributed by atoms with Crippen LogP contribution < -0.4 is 5.32 Å². The van der Waals surface area contributed by atoms with Crippen molar-refractivity contribution < 1.29 is 4.79 Å². The highest BCUT2D eigenvalue weighted by Gasteiger charge is 2.18. The molecule has 0 aliphatic heterocycles. The van der Waals surface area contributed by atoms with E-state index < -0.39 is 0 Å². The van der Waals surface area contributed by atoms with Crippen molar-refractivity contribution in [2.75, 3.05) is 5.32 Å². The summed E-state index contributed by atoms with van der Waals surface area (Å²) in [7, 11) is 0. The lowest BCUT2D eigenvalue weighted by Gasteiger charge is -2.18. The fourth-order valence-corrected chi connectivity index (χ4v) is 3.15. The van der Waals surface area contributed by atoms with Crippen LogP contribution in [0.25, 0.3) is 0 Å². The molecule has 22 heavy (non-hydrogen) atoms. The Kier molecular flexibility index (Phi) is 4.66. The second-order valence-electron chi connectivity index (χ2n) is 5.07. The molecular formula is C19H17NOS. The van der Waals surface area contributed by atoms with Crippen molar-refractivity contribution in [1.29, 1.82) is 0 Å². The molecule has 0 bridgehead atoms. The number of thiophene rings is 1. The van der Waals surface area contributed by atoms with Crippen LogP contribution in [-0.4, -0.2) is 5.78 Å². The maximum Gasteiger partial charge on any atom is 0.165 e. The van der Waals surface area contributed by atoms with E-state index in [9.17, 15) is 4.79 Å². The van der Waals surface area contributed by atoms with Gasteiger partial charge in [-0.25, -0.2) is 0 Å². The van der Waals surface area contributed by atoms with Gasteiger partial charge in [-0.15, -0.1) is 11.3 Å². The molecule has 1 heterocycles. The minimum Gasteiger partial charge on any atom is -0.377 e. The lowest BCUT2D eigenvalue weighted by molar-refractivity contribution is 0.0977. The molecule has 0 spiro atoms. The van der Waals surface area contributed by atoms with E-state index in [0.717, 1.165) is 11.3 Å². The third kappa shape index (κ3) is 3.62. The van der Waals surface area contributed by atoms with Gasteiger partial charge in [-0.2, -0.15) is 0 Å². The van der Waals surface area contributed by atoms with Gasteiger partial charge in [0.2, 0.25) is 0 Å². The number of anilines is 1. The normalized spacial score (nSPS) is 11.8. The molecular weight excluding hydrogens is 290 g/mol. The largest absolute Gasteiger partial charge is 0.377 e. The van der Waals surface area contributed by atoms with Crippen LogP contribution in [0.4, 0.5) is 5.69 Å². The van der Waals surface area contributed by atoms with Crippen molar-refractivity contribution in [1.82, 2.24) is 0 Å². The van der Waals surface area contributed by atoms with Crippen LogP contribution in [0.5, 0.6) is 0 Å². The van der Waals surface area contributed by atoms with Gasteiger partial charge in [0.1, 0.15) is 0 Å². The molecule has 0 aliphatic carbocycles. The molecule has 0 radical (unpaired) electrons. The van der Waals surface area contributed by atoms with Crippen LogP contribution in [0.1, 0.15) is 27.7 Å². The van der Waals surface area contributed by atoms with Gasteiger partial charge in [-0.3, -0.25) is 4.79 Å². The average molecular weight is 307 g/mol. The van der Waals surface area contributed by atoms with Crippen molar-refractivity contribution in [3.63, 3.8) is 0 Å². The molecule has 0 saturated carbocycles. The van der Waals surface area contributed by atoms with Crippen LogP contribution in [0.2, 0.25) is 0 Å². The number of Topliss-reactive ketones (excluding diaryl/α,β-unsaturated/α-hetero) is 1. The third-order valence-electron chi connectivity index (χ3n) is 3.49. The molecule has 0 amide bonds. The van der Waals surface area contributed by atoms with Gasteiger partial charge in [0.25, 0.3) is 0 Å². The Morgan fingerprint density at radius 1 is 0.909 bits per heavy atom. The van der Waals surface area contributed by atoms with Crippen LogP contribution in [-0.2, 0) is 0 Å². The lowest BCUT2D eigenvalue weighted by Crippen LogP contribution is -2.14. The Labute approximate surface area is 134 Å². The van der Waals surface area contributed by atoms with Gasteiger partial charge in [0.15, 0.2) is 5.78 Å². The molecule has 1 N–H and O–H groups in total. The van der Waals surface area contributed by atoms with E-state index >= 15 is 0 Å². The summed E-state index contributed by atoms with van der Waals surface area (Å²) in [5.74, 6) is 0.155. The Morgan fingerprint density at radius 2 is 1.59 bits per heavy atom. The summed E-state index contributed by atoms with van der Waals surface area (Å²) in [5, 5.41) is 5.52. The minimum atomic E-state index is -0.00453. The number of carbonyl (C=O) groups excluding carboxylic acids is 1. The van der Waals surface area contributed by atoms with Crippen LogP contribution in [0, 0.1) is 0 Å². The summed E-state index contributed by atoms with van der Waals surface area (Å²) in [6.07, 6.45) is 0.444. The number of hydrogen-bond acceptors (Lipinski definition) is 3. The molecule has 3 aromatic rings. The Balaban J connectivity index is 1.79. The van der Waals surface area contributed by atoms with E-state index in [1.54, 1.807) is 11.3 Å². The highest BCUT2D eigenvalue weighted by Crippen LogP contribution is 2.27. The van der Waals surface area contributed by atoms with Crippen molar-refractivity contribution in [3.8, 4) is 0 Å². The fraction of sp³-hybridized carbons (Fsp3) is 0.105. The lowest BCUT2D eigenvalue weighted by atomic mass is 10.0. The predicted molar refractivity (Wildman–Crippen MR) is 92.5 cm³/mol. The number of carbonyl (C=O) groups is 1. The van der Waals surface area contributed by atoms with Crippen LogP contribution >= 0.6 is 11.3 Å². The summed E-state index contributed by atoms with van der Waals surface area (Å²) in [6, 6.07) is 23.6. The smallest absolute Gasteiger partial charge is 0.165 e. The maximum atomic E-state index is 12.5. The molecule has 2 nitrogen and oxygen atoms in total. The van der Waals surface area contributed by atoms with Crippen molar-refractivity contribution in [3.05, 3.63) is 88.6 Å². The number of hydrogen-bond donors (Lipinski definition) is 1. The standard InChI is InChI=1S/C19H17NOS/c21-18(15-8-3-1-4-9-15)14-17(19-12-7-13-22-19)20-16-10-5-2-6-11-16/h1-13,17,20H,14H2. The SMILES string of the molecule is O=C(CC(Nc1ccccc1)c1cccs1)c1ccccc1. The predicted octanol–water partition coefficient (Wildman–Crippen LogP) is 5.17. The number of ketones is 1. The fourth-order valence-electron chi connectivity index (χ4n) is 2.38. The second-order valence-corrected chi connectivity index (χ2v) is 6.05. The minimum absolute atomic E-state index is 0.00453. The average Bonchev–Trinajstić information content (AvgIpc) is 3.10. The van der Waals surface area contributed by atoms with E-state index in [2.05, 4.69) is 11.4 Å². The van der Waals surface area contributed by atoms with Crippen molar-refractivity contribution >= 4 is 22.8 Å². The second kappa shape index (κ2) is 7.05. The van der Waals surface area contributed by atoms with Gasteiger partial charge >= 0.3 is 0 Å². The zero-order chi connectivity index (χ0) is 15.2. The highest BCUT2D eigenvalue weighted by atomic mass is 32.1. The van der Waals surface area contributed by atoms with Gasteiger partial charge in [0, 0.05) is 22.5 Å². The van der Waals surface area contributed by atoms with Gasteiger partial charge in [-0.1, -0.05) is 54.6 Å². The Morgan fingerprint density at radius 3 is 2.23 bits per heavy atom. The molecule has 1 aromatic heterocycles. The number of rotatable bonds is 6. The van der Waals surface area contributed by atoms with E-state index in [0.29, 0.717) is 6.42 Å². The molecule has 0 saturated heterocycles. The summed E-state index contributed by atoms with van der Waals surface area (Å²) >= 11 is 1.67. The number of para-hydroxylation sites is 1. The van der Waals surface area contributed by atoms with E-state index in [4.69, 9.17) is 0 Å². The van der Waals surface area contributed by atoms with Crippen LogP contribution in [0.15, 0.2) is 78.2 Å². The summed E-state index contributed by atoms with van der Waals surface area (Å²) < 4.78 is 0. The number of benzene rings is 2. The van der Waals surface area contributed by atoms with E-state index in [1.165, 1.54) is 4.88 Å². The molecule has 2 aromatic carbocycles. The quantitative estimate of drug-likeness (QED) is 0.636. The highest BCUT2D eigenvalue weighted by molar-refractivity contribution is 7.10. The third-order valence-corrected chi connectivity index (χ3v) is 4.47. The topological polar surface area (TPSA) is 29.1 Å². The molecule has 1 unspecified atom stereocenters. The van der Waals surface area contributed by atoms with E-state index in [1.807, 2.05) is 72.1 Å². The first kappa shape index (κ1) is 14.5. The molecule has 3 rings (SSSR count). The first-order chi connectivity index (χ1) is 10.8. The summed E-state index contributed by atoms with van der Waals surface area (Å²) in [4.78, 5) is 13.7. The van der Waals surface area contributed by atoms with Crippen molar-refractivity contribution in [2.45, 2.75) is 12.5 Å². The molecule has 110 valence electrons. The van der Waals surface area contributed by atoms with Crippen molar-refractivity contribution in [2.24, 2.45) is 0 Å². The molecule has 0 aliphatic rings. The zero-order valence-electron chi connectivity index (χ0n) is 12.1. The summed E-state index contributed by atoms with van der Waals surface area (Å²) in [6.45, 7) is 0. The maximum absolute atomic E-state index is 12.5. The number of nitrogens with one attached hydrogen (secondary N) is 1. The van der Waals surface area contributed by atoms with Crippen LogP contribution in [0.3, 0.4) is 0 Å². The van der Waals surface area contributed by atoms with Gasteiger partial charge in [0.05, 0.1) is 6.04 Å². The summed E-state index contributed by atoms with van der Waals surface area (Å²) in [5.41, 5.74) is 1.79. The van der Waals surface area contributed by atoms with Gasteiger partial charge in [-0.05, 0) is 23.6 Å². The monoisotopic (exact) mass is 307 g/mol. The molecule has 1 atom stereocenters. The van der Waals surface area contributed by atoms with E-state index in [-0.39, 0.29) is 11.8 Å². The zero-order valence-corrected chi connectivity index (χ0v) is 12.9. The first-order valence-corrected chi connectivity index (χ1v) is 8.14. The Hall–Kier alpha value is -2.39. The Bertz CT molecular complexity index is 708. The molecule has 3 heteroatoms.